The van der Waals surface area contributed by atoms with Crippen LogP contribution in [0.4, 0.5) is 0 Å². The van der Waals surface area contributed by atoms with Gasteiger partial charge in [0, 0.05) is 17.7 Å². The summed E-state index contributed by atoms with van der Waals surface area (Å²) >= 11 is 0. The Bertz CT molecular complexity index is 380. The maximum atomic E-state index is 11.3. The van der Waals surface area contributed by atoms with Gasteiger partial charge in [0.05, 0.1) is 0 Å². The van der Waals surface area contributed by atoms with Crippen molar-refractivity contribution >= 4 is 11.7 Å². The third-order valence-electron chi connectivity index (χ3n) is 1.89. The van der Waals surface area contributed by atoms with E-state index in [1.54, 1.807) is 30.3 Å². The molecule has 0 heterocycles. The lowest BCUT2D eigenvalue weighted by atomic mass is 10.1. The molecule has 0 radical (unpaired) electrons. The topological polar surface area (TPSA) is 46.2 Å². The number of amides is 1. The molecule has 0 spiro atoms. The molecule has 1 rings (SSSR count). The van der Waals surface area contributed by atoms with Gasteiger partial charge in [0.1, 0.15) is 0 Å². The van der Waals surface area contributed by atoms with Crippen LogP contribution in [0, 0.1) is 0 Å². The highest BCUT2D eigenvalue weighted by Crippen LogP contribution is 2.04. The summed E-state index contributed by atoms with van der Waals surface area (Å²) in [6, 6.07) is 6.63. The van der Waals surface area contributed by atoms with Crippen LogP contribution in [0.25, 0.3) is 0 Å². The summed E-state index contributed by atoms with van der Waals surface area (Å²) in [5.74, 6) is -0.102. The molecular weight excluding hydrogens is 238 g/mol. The van der Waals surface area contributed by atoms with Gasteiger partial charge in [-0.2, -0.15) is 0 Å². The summed E-state index contributed by atoms with van der Waals surface area (Å²) in [5.41, 5.74) is 1.20. The van der Waals surface area contributed by atoms with Gasteiger partial charge in [0.25, 0.3) is 5.91 Å². The van der Waals surface area contributed by atoms with Crippen LogP contribution in [0.1, 0.15) is 55.3 Å². The summed E-state index contributed by atoms with van der Waals surface area (Å²) in [4.78, 5) is 22.3. The van der Waals surface area contributed by atoms with E-state index in [1.807, 2.05) is 27.7 Å². The van der Waals surface area contributed by atoms with Gasteiger partial charge >= 0.3 is 0 Å². The van der Waals surface area contributed by atoms with Gasteiger partial charge < -0.3 is 5.32 Å². The van der Waals surface area contributed by atoms with E-state index in [2.05, 4.69) is 11.9 Å². The van der Waals surface area contributed by atoms with E-state index in [0.29, 0.717) is 17.7 Å². The van der Waals surface area contributed by atoms with Gasteiger partial charge in [-0.15, -0.1) is 6.58 Å². The molecule has 106 valence electrons. The number of rotatable bonds is 3. The van der Waals surface area contributed by atoms with Crippen LogP contribution in [0.5, 0.6) is 0 Å². The fraction of sp³-hybridized carbons (Fsp3) is 0.375. The Kier molecular flexibility index (Phi) is 12.8. The van der Waals surface area contributed by atoms with Crippen LogP contribution < -0.4 is 5.32 Å². The first kappa shape index (κ1) is 19.4. The minimum absolute atomic E-state index is 0.00690. The summed E-state index contributed by atoms with van der Waals surface area (Å²) in [5, 5.41) is 2.69. The number of hydrogen-bond donors (Lipinski definition) is 1. The molecule has 0 aliphatic carbocycles. The predicted molar refractivity (Wildman–Crippen MR) is 81.7 cm³/mol. The third-order valence-corrected chi connectivity index (χ3v) is 1.89. The molecule has 1 aromatic carbocycles. The van der Waals surface area contributed by atoms with Crippen molar-refractivity contribution in [3.63, 3.8) is 0 Å². The maximum absolute atomic E-state index is 11.3. The Labute approximate surface area is 116 Å². The highest BCUT2D eigenvalue weighted by atomic mass is 16.1. The Morgan fingerprint density at radius 3 is 1.84 bits per heavy atom. The van der Waals surface area contributed by atoms with E-state index >= 15 is 0 Å². The number of Topliss-reactive ketones (excluding diaryl/α,β-unsaturated/α-hetero) is 1. The van der Waals surface area contributed by atoms with Crippen molar-refractivity contribution < 1.29 is 9.59 Å². The number of ketones is 1. The first-order valence-corrected chi connectivity index (χ1v) is 6.53. The fourth-order valence-corrected chi connectivity index (χ4v) is 1.12. The predicted octanol–water partition coefficient (Wildman–Crippen LogP) is 3.86. The average Bonchev–Trinajstić information content (AvgIpc) is 2.42. The first-order chi connectivity index (χ1) is 9.06. The largest absolute Gasteiger partial charge is 0.352 e. The molecule has 0 fully saturated rings. The summed E-state index contributed by atoms with van der Waals surface area (Å²) in [6.45, 7) is 13.2. The van der Waals surface area contributed by atoms with E-state index in [0.717, 1.165) is 0 Å². The Balaban J connectivity index is 0. The van der Waals surface area contributed by atoms with Crippen molar-refractivity contribution in [2.75, 3.05) is 6.54 Å². The van der Waals surface area contributed by atoms with Crippen molar-refractivity contribution in [2.24, 2.45) is 0 Å². The number of carbonyl (C=O) groups excluding carboxylic acids is 2. The molecule has 19 heavy (non-hydrogen) atoms. The van der Waals surface area contributed by atoms with Gasteiger partial charge in [-0.1, -0.05) is 32.1 Å². The number of hydrogen-bond acceptors (Lipinski definition) is 2. The van der Waals surface area contributed by atoms with Gasteiger partial charge in [0.15, 0.2) is 5.78 Å². The SMILES string of the molecule is C=CC.CC.CCNC(=O)c1ccc(C(C)=O)cc1. The van der Waals surface area contributed by atoms with Crippen LogP contribution in [-0.4, -0.2) is 18.2 Å². The fourth-order valence-electron chi connectivity index (χ4n) is 1.12. The minimum Gasteiger partial charge on any atom is -0.352 e. The number of allylic oxidation sites excluding steroid dienone is 1. The monoisotopic (exact) mass is 263 g/mol. The zero-order valence-electron chi connectivity index (χ0n) is 12.6. The Morgan fingerprint density at radius 2 is 1.53 bits per heavy atom. The second-order valence-corrected chi connectivity index (χ2v) is 3.40. The molecule has 3 heteroatoms. The van der Waals surface area contributed by atoms with Crippen LogP contribution in [0.2, 0.25) is 0 Å². The van der Waals surface area contributed by atoms with Crippen LogP contribution >= 0.6 is 0 Å². The normalized spacial score (nSPS) is 8.05. The lowest BCUT2D eigenvalue weighted by Crippen LogP contribution is -2.22. The van der Waals surface area contributed by atoms with E-state index in [9.17, 15) is 9.59 Å². The van der Waals surface area contributed by atoms with Crippen molar-refractivity contribution in [2.45, 2.75) is 34.6 Å². The smallest absolute Gasteiger partial charge is 0.251 e. The zero-order valence-corrected chi connectivity index (χ0v) is 12.6. The maximum Gasteiger partial charge on any atom is 0.251 e. The second-order valence-electron chi connectivity index (χ2n) is 3.40. The molecule has 1 N–H and O–H groups in total. The zero-order chi connectivity index (χ0) is 15.3. The lowest BCUT2D eigenvalue weighted by molar-refractivity contribution is 0.0953. The molecule has 0 unspecified atom stereocenters. The molecule has 0 aliphatic heterocycles. The van der Waals surface area contributed by atoms with Crippen LogP contribution in [0.3, 0.4) is 0 Å². The summed E-state index contributed by atoms with van der Waals surface area (Å²) in [6.07, 6.45) is 1.75. The van der Waals surface area contributed by atoms with Crippen molar-refractivity contribution in [3.8, 4) is 0 Å². The van der Waals surface area contributed by atoms with Crippen molar-refractivity contribution in [1.29, 1.82) is 0 Å². The quantitative estimate of drug-likeness (QED) is 0.665. The number of nitrogens with one attached hydrogen (secondary N) is 1. The molecular formula is C16H25NO2. The molecule has 0 aliphatic rings. The highest BCUT2D eigenvalue weighted by Gasteiger charge is 2.04. The molecule has 1 amide bonds. The van der Waals surface area contributed by atoms with E-state index in [1.165, 1.54) is 6.92 Å². The molecule has 0 aromatic heterocycles. The average molecular weight is 263 g/mol. The number of carbonyl (C=O) groups is 2. The van der Waals surface area contributed by atoms with E-state index in [4.69, 9.17) is 0 Å². The Morgan fingerprint density at radius 1 is 1.16 bits per heavy atom. The number of benzene rings is 1. The van der Waals surface area contributed by atoms with Crippen molar-refractivity contribution in [3.05, 3.63) is 48.0 Å². The molecule has 0 bridgehead atoms. The molecule has 3 nitrogen and oxygen atoms in total. The van der Waals surface area contributed by atoms with E-state index in [-0.39, 0.29) is 11.7 Å². The van der Waals surface area contributed by atoms with Gasteiger partial charge in [-0.3, -0.25) is 9.59 Å². The Hall–Kier alpha value is -1.90. The van der Waals surface area contributed by atoms with Gasteiger partial charge in [-0.25, -0.2) is 0 Å². The lowest BCUT2D eigenvalue weighted by Gasteiger charge is -2.02. The van der Waals surface area contributed by atoms with Crippen LogP contribution in [0.15, 0.2) is 36.9 Å². The summed E-state index contributed by atoms with van der Waals surface area (Å²) < 4.78 is 0. The molecule has 1 aromatic rings. The first-order valence-electron chi connectivity index (χ1n) is 6.53. The standard InChI is InChI=1S/C11H13NO2.C3H6.C2H6/c1-3-12-11(14)10-6-4-9(5-7-10)8(2)13;1-3-2;1-2/h4-7H,3H2,1-2H3,(H,12,14);3H,1H2,2H3;1-2H3. The third kappa shape index (κ3) is 8.77. The van der Waals surface area contributed by atoms with Crippen molar-refractivity contribution in [1.82, 2.24) is 5.32 Å². The van der Waals surface area contributed by atoms with E-state index < -0.39 is 0 Å². The van der Waals surface area contributed by atoms with Crippen LogP contribution in [-0.2, 0) is 0 Å². The second kappa shape index (κ2) is 12.6. The molecule has 0 saturated carbocycles. The van der Waals surface area contributed by atoms with Gasteiger partial charge in [0.2, 0.25) is 0 Å². The minimum atomic E-state index is -0.109. The molecule has 0 atom stereocenters. The summed E-state index contributed by atoms with van der Waals surface area (Å²) in [7, 11) is 0. The molecule has 0 saturated heterocycles. The van der Waals surface area contributed by atoms with Gasteiger partial charge in [-0.05, 0) is 32.9 Å². The highest BCUT2D eigenvalue weighted by molar-refractivity contribution is 5.97.